The van der Waals surface area contributed by atoms with E-state index in [0.29, 0.717) is 24.4 Å². The summed E-state index contributed by atoms with van der Waals surface area (Å²) < 4.78 is 0. The van der Waals surface area contributed by atoms with Gasteiger partial charge < -0.3 is 15.3 Å². The lowest BCUT2D eigenvalue weighted by Crippen LogP contribution is -2.50. The molecule has 0 amide bonds. The van der Waals surface area contributed by atoms with Crippen molar-refractivity contribution in [2.45, 2.75) is 44.7 Å². The van der Waals surface area contributed by atoms with Crippen LogP contribution in [0.1, 0.15) is 32.6 Å². The minimum Gasteiger partial charge on any atom is -0.481 e. The first-order valence-electron chi connectivity index (χ1n) is 6.37. The summed E-state index contributed by atoms with van der Waals surface area (Å²) >= 11 is 0. The Morgan fingerprint density at radius 2 is 2.12 bits per heavy atom. The van der Waals surface area contributed by atoms with Crippen LogP contribution in [-0.2, 0) is 4.79 Å². The second-order valence-electron chi connectivity index (χ2n) is 5.19. The Bertz CT molecular complexity index is 253. The Labute approximate surface area is 97.0 Å². The molecule has 92 valence electrons. The number of hydrogen-bond donors (Lipinski definition) is 2. The highest BCUT2D eigenvalue weighted by Gasteiger charge is 2.31. The number of likely N-dealkylation sites (tertiary alicyclic amines) is 1. The predicted octanol–water partition coefficient (Wildman–Crippen LogP) is 0.923. The SMILES string of the molecule is CCN1CC(CC(=O)O)CC(NC2CC2)C1. The lowest BCUT2D eigenvalue weighted by Gasteiger charge is -2.37. The van der Waals surface area contributed by atoms with E-state index >= 15 is 0 Å². The van der Waals surface area contributed by atoms with Crippen LogP contribution in [0.25, 0.3) is 0 Å². The standard InChI is InChI=1S/C12H22N2O2/c1-2-14-7-9(6-12(15)16)5-11(8-14)13-10-3-4-10/h9-11,13H,2-8H2,1H3,(H,15,16). The quantitative estimate of drug-likeness (QED) is 0.732. The molecule has 1 heterocycles. The number of nitrogens with zero attached hydrogens (tertiary/aromatic N) is 1. The van der Waals surface area contributed by atoms with E-state index < -0.39 is 5.97 Å². The highest BCUT2D eigenvalue weighted by atomic mass is 16.4. The van der Waals surface area contributed by atoms with E-state index in [1.807, 2.05) is 0 Å². The van der Waals surface area contributed by atoms with E-state index in [4.69, 9.17) is 5.11 Å². The molecule has 2 aliphatic rings. The molecule has 4 heteroatoms. The fraction of sp³-hybridized carbons (Fsp3) is 0.917. The largest absolute Gasteiger partial charge is 0.481 e. The summed E-state index contributed by atoms with van der Waals surface area (Å²) in [4.78, 5) is 13.1. The van der Waals surface area contributed by atoms with Crippen LogP contribution in [0.4, 0.5) is 0 Å². The van der Waals surface area contributed by atoms with Crippen molar-refractivity contribution in [1.82, 2.24) is 10.2 Å². The molecule has 0 spiro atoms. The van der Waals surface area contributed by atoms with Gasteiger partial charge in [-0.2, -0.15) is 0 Å². The van der Waals surface area contributed by atoms with Crippen molar-refractivity contribution in [2.75, 3.05) is 19.6 Å². The smallest absolute Gasteiger partial charge is 0.303 e. The maximum Gasteiger partial charge on any atom is 0.303 e. The van der Waals surface area contributed by atoms with Crippen LogP contribution in [0.3, 0.4) is 0 Å². The third kappa shape index (κ3) is 3.46. The molecule has 0 bridgehead atoms. The van der Waals surface area contributed by atoms with Crippen molar-refractivity contribution < 1.29 is 9.90 Å². The van der Waals surface area contributed by atoms with Gasteiger partial charge in [0.05, 0.1) is 0 Å². The first kappa shape index (κ1) is 11.9. The molecular weight excluding hydrogens is 204 g/mol. The first-order chi connectivity index (χ1) is 7.67. The number of piperidine rings is 1. The highest BCUT2D eigenvalue weighted by Crippen LogP contribution is 2.25. The summed E-state index contributed by atoms with van der Waals surface area (Å²) in [6, 6.07) is 1.22. The molecule has 0 radical (unpaired) electrons. The Hall–Kier alpha value is -0.610. The van der Waals surface area contributed by atoms with Gasteiger partial charge in [0.1, 0.15) is 0 Å². The first-order valence-corrected chi connectivity index (χ1v) is 6.37. The second kappa shape index (κ2) is 5.15. The van der Waals surface area contributed by atoms with E-state index in [-0.39, 0.29) is 0 Å². The normalized spacial score (nSPS) is 31.6. The van der Waals surface area contributed by atoms with E-state index in [1.165, 1.54) is 12.8 Å². The minimum absolute atomic E-state index is 0.319. The maximum atomic E-state index is 10.8. The number of hydrogen-bond acceptors (Lipinski definition) is 3. The van der Waals surface area contributed by atoms with Crippen LogP contribution < -0.4 is 5.32 Å². The summed E-state index contributed by atoms with van der Waals surface area (Å²) in [6.45, 7) is 5.21. The van der Waals surface area contributed by atoms with Gasteiger partial charge >= 0.3 is 5.97 Å². The zero-order chi connectivity index (χ0) is 11.5. The molecule has 2 N–H and O–H groups in total. The van der Waals surface area contributed by atoms with Gasteiger partial charge in [-0.25, -0.2) is 0 Å². The molecular formula is C12H22N2O2. The Morgan fingerprint density at radius 1 is 1.38 bits per heavy atom. The van der Waals surface area contributed by atoms with Gasteiger partial charge in [0.25, 0.3) is 0 Å². The molecule has 0 aromatic carbocycles. The summed E-state index contributed by atoms with van der Waals surface area (Å²) in [5.74, 6) is -0.337. The minimum atomic E-state index is -0.659. The number of carboxylic acids is 1. The monoisotopic (exact) mass is 226 g/mol. The highest BCUT2D eigenvalue weighted by molar-refractivity contribution is 5.67. The summed E-state index contributed by atoms with van der Waals surface area (Å²) in [6.07, 6.45) is 3.94. The van der Waals surface area contributed by atoms with Crippen LogP contribution in [0.5, 0.6) is 0 Å². The Morgan fingerprint density at radius 3 is 2.69 bits per heavy atom. The third-order valence-corrected chi connectivity index (χ3v) is 3.57. The van der Waals surface area contributed by atoms with Crippen molar-refractivity contribution in [3.63, 3.8) is 0 Å². The second-order valence-corrected chi connectivity index (χ2v) is 5.19. The number of aliphatic carboxylic acids is 1. The van der Waals surface area contributed by atoms with Gasteiger partial charge in [-0.05, 0) is 31.7 Å². The number of likely N-dealkylation sites (N-methyl/N-ethyl adjacent to an activating group) is 1. The average molecular weight is 226 g/mol. The molecule has 2 unspecified atom stereocenters. The van der Waals surface area contributed by atoms with Crippen molar-refractivity contribution in [3.8, 4) is 0 Å². The molecule has 1 aliphatic heterocycles. The van der Waals surface area contributed by atoms with Gasteiger partial charge in [-0.3, -0.25) is 4.79 Å². The average Bonchev–Trinajstić information content (AvgIpc) is 3.00. The molecule has 16 heavy (non-hydrogen) atoms. The third-order valence-electron chi connectivity index (χ3n) is 3.57. The van der Waals surface area contributed by atoms with Crippen LogP contribution >= 0.6 is 0 Å². The molecule has 0 aromatic heterocycles. The van der Waals surface area contributed by atoms with Crippen LogP contribution in [-0.4, -0.2) is 47.7 Å². The molecule has 2 atom stereocenters. The van der Waals surface area contributed by atoms with Crippen molar-refractivity contribution in [3.05, 3.63) is 0 Å². The van der Waals surface area contributed by atoms with Gasteiger partial charge in [-0.15, -0.1) is 0 Å². The molecule has 1 saturated heterocycles. The Kier molecular flexibility index (Phi) is 3.82. The lowest BCUT2D eigenvalue weighted by molar-refractivity contribution is -0.138. The van der Waals surface area contributed by atoms with E-state index in [1.54, 1.807) is 0 Å². The molecule has 0 aromatic rings. The van der Waals surface area contributed by atoms with E-state index in [2.05, 4.69) is 17.1 Å². The van der Waals surface area contributed by atoms with Crippen molar-refractivity contribution >= 4 is 5.97 Å². The van der Waals surface area contributed by atoms with Crippen LogP contribution in [0, 0.1) is 5.92 Å². The fourth-order valence-corrected chi connectivity index (χ4v) is 2.66. The summed E-state index contributed by atoms with van der Waals surface area (Å²) in [5, 5.41) is 12.5. The van der Waals surface area contributed by atoms with Crippen LogP contribution in [0.15, 0.2) is 0 Å². The zero-order valence-corrected chi connectivity index (χ0v) is 9.98. The zero-order valence-electron chi connectivity index (χ0n) is 9.98. The summed E-state index contributed by atoms with van der Waals surface area (Å²) in [7, 11) is 0. The number of nitrogens with one attached hydrogen (secondary N) is 1. The predicted molar refractivity (Wildman–Crippen MR) is 62.4 cm³/mol. The van der Waals surface area contributed by atoms with Crippen molar-refractivity contribution in [2.24, 2.45) is 5.92 Å². The van der Waals surface area contributed by atoms with Gasteiger partial charge in [-0.1, -0.05) is 6.92 Å². The lowest BCUT2D eigenvalue weighted by atomic mass is 9.91. The van der Waals surface area contributed by atoms with Crippen molar-refractivity contribution in [1.29, 1.82) is 0 Å². The van der Waals surface area contributed by atoms with Crippen LogP contribution in [0.2, 0.25) is 0 Å². The fourth-order valence-electron chi connectivity index (χ4n) is 2.66. The van der Waals surface area contributed by atoms with E-state index in [9.17, 15) is 4.79 Å². The maximum absolute atomic E-state index is 10.8. The number of carbonyl (C=O) groups is 1. The van der Waals surface area contributed by atoms with Gasteiger partial charge in [0, 0.05) is 31.6 Å². The molecule has 4 nitrogen and oxygen atoms in total. The number of carboxylic acid groups (broad SMARTS) is 1. The molecule has 1 aliphatic carbocycles. The van der Waals surface area contributed by atoms with Gasteiger partial charge in [0.2, 0.25) is 0 Å². The summed E-state index contributed by atoms with van der Waals surface area (Å²) in [5.41, 5.74) is 0. The van der Waals surface area contributed by atoms with Gasteiger partial charge in [0.15, 0.2) is 0 Å². The number of rotatable bonds is 5. The molecule has 2 fully saturated rings. The van der Waals surface area contributed by atoms with E-state index in [0.717, 1.165) is 26.1 Å². The Balaban J connectivity index is 1.85. The topological polar surface area (TPSA) is 52.6 Å². The molecule has 1 saturated carbocycles. The molecule has 2 rings (SSSR count).